The minimum atomic E-state index is -8.72. The number of rotatable bonds is 12. The van der Waals surface area contributed by atoms with Crippen molar-refractivity contribution in [2.75, 3.05) is 20.1 Å². The summed E-state index contributed by atoms with van der Waals surface area (Å²) >= 11 is 0. The molecule has 2 N–H and O–H groups in total. The number of aliphatic hydroxyl groups excluding tert-OH is 1. The average molecular weight is 565 g/mol. The number of hydrogen-bond donors (Lipinski definition) is 2. The Kier molecular flexibility index (Phi) is 8.78. The number of aliphatic carboxylic acids is 1. The maximum Gasteiger partial charge on any atom is 0.460 e. The van der Waals surface area contributed by atoms with Crippen molar-refractivity contribution in [1.82, 2.24) is 4.90 Å². The van der Waals surface area contributed by atoms with Crippen molar-refractivity contribution in [2.24, 2.45) is 0 Å². The molecule has 4 nitrogen and oxygen atoms in total. The van der Waals surface area contributed by atoms with Gasteiger partial charge in [-0.3, -0.25) is 9.69 Å². The van der Waals surface area contributed by atoms with E-state index in [0.29, 0.717) is 11.9 Å². The molecule has 0 fully saturated rings. The van der Waals surface area contributed by atoms with Crippen LogP contribution in [0.5, 0.6) is 0 Å². The van der Waals surface area contributed by atoms with Crippen LogP contribution >= 0.6 is 0 Å². The van der Waals surface area contributed by atoms with Gasteiger partial charge in [-0.15, -0.1) is 0 Å². The van der Waals surface area contributed by atoms with Crippen molar-refractivity contribution >= 4 is 5.97 Å². The van der Waals surface area contributed by atoms with Crippen LogP contribution in [-0.4, -0.2) is 95.0 Å². The van der Waals surface area contributed by atoms with Gasteiger partial charge in [-0.25, -0.2) is 0 Å². The number of hydrogen-bond acceptors (Lipinski definition) is 3. The molecule has 0 bridgehead atoms. The molecule has 0 heterocycles. The van der Waals surface area contributed by atoms with Crippen molar-refractivity contribution in [2.45, 2.75) is 60.2 Å². The second-order valence-corrected chi connectivity index (χ2v) is 7.10. The molecule has 21 heteroatoms. The van der Waals surface area contributed by atoms with Gasteiger partial charge >= 0.3 is 53.6 Å². The van der Waals surface area contributed by atoms with Gasteiger partial charge in [-0.05, 0) is 7.05 Å². The normalized spacial score (nSPS) is 16.6. The van der Waals surface area contributed by atoms with Gasteiger partial charge < -0.3 is 10.2 Å². The molecule has 0 spiro atoms. The van der Waals surface area contributed by atoms with Crippen LogP contribution in [0.3, 0.4) is 0 Å². The molecule has 1 unspecified atom stereocenters. The second-order valence-electron chi connectivity index (χ2n) is 7.10. The fourth-order valence-electron chi connectivity index (χ4n) is 2.34. The third-order valence-corrected chi connectivity index (χ3v) is 4.21. The maximum absolute atomic E-state index is 13.7. The van der Waals surface area contributed by atoms with Gasteiger partial charge in [-0.1, -0.05) is 0 Å². The number of carboxylic acid groups (broad SMARTS) is 1. The lowest BCUT2D eigenvalue weighted by molar-refractivity contribution is -0.462. The summed E-state index contributed by atoms with van der Waals surface area (Å²) in [6.07, 6.45) is -13.9. The Labute approximate surface area is 182 Å². The van der Waals surface area contributed by atoms with Gasteiger partial charge in [0.15, 0.2) is 0 Å². The Morgan fingerprint density at radius 3 is 1.29 bits per heavy atom. The molecule has 0 aliphatic carbocycles. The number of alkyl halides is 17. The van der Waals surface area contributed by atoms with E-state index in [0.717, 1.165) is 0 Å². The maximum atomic E-state index is 13.7. The molecule has 0 aliphatic heterocycles. The molecule has 0 aromatic heterocycles. The van der Waals surface area contributed by atoms with Crippen LogP contribution in [0.2, 0.25) is 0 Å². The lowest BCUT2D eigenvalue weighted by atomic mass is 9.87. The van der Waals surface area contributed by atoms with Crippen LogP contribution in [0.4, 0.5) is 74.6 Å². The highest BCUT2D eigenvalue weighted by Crippen LogP contribution is 2.64. The Hall–Kier alpha value is -1.80. The van der Waals surface area contributed by atoms with Crippen LogP contribution in [-0.2, 0) is 4.79 Å². The van der Waals surface area contributed by atoms with Crippen molar-refractivity contribution < 1.29 is 89.6 Å². The Balaban J connectivity index is 6.37. The molecule has 0 aliphatic rings. The molecule has 0 radical (unpaired) electrons. The largest absolute Gasteiger partial charge is 0.480 e. The van der Waals surface area contributed by atoms with Crippen LogP contribution in [0.1, 0.15) is 6.42 Å². The second kappa shape index (κ2) is 9.25. The van der Waals surface area contributed by atoms with Crippen molar-refractivity contribution in [1.29, 1.82) is 0 Å². The molecular formula is C14H12F17NO3. The van der Waals surface area contributed by atoms with Crippen LogP contribution in [0, 0.1) is 0 Å². The van der Waals surface area contributed by atoms with E-state index in [1.54, 1.807) is 0 Å². The summed E-state index contributed by atoms with van der Waals surface area (Å²) in [6, 6.07) is 0. The molecule has 35 heavy (non-hydrogen) atoms. The highest BCUT2D eigenvalue weighted by molar-refractivity contribution is 5.69. The lowest BCUT2D eigenvalue weighted by Crippen LogP contribution is -2.74. The molecular weight excluding hydrogens is 553 g/mol. The summed E-state index contributed by atoms with van der Waals surface area (Å²) in [4.78, 5) is 10.7. The van der Waals surface area contributed by atoms with Gasteiger partial charge in [0.2, 0.25) is 0 Å². The van der Waals surface area contributed by atoms with E-state index >= 15 is 0 Å². The SMILES string of the molecule is CN(CC(=O)O)CC(O)CC(F)(F)C(F)(F)C(F)(F)C(F)(F)C(F)(F)C(F)(F)C(F)(F)C(F)(F)F. The predicted octanol–water partition coefficient (Wildman–Crippen LogP) is 4.76. The van der Waals surface area contributed by atoms with E-state index in [-0.39, 0.29) is 0 Å². The van der Waals surface area contributed by atoms with E-state index in [2.05, 4.69) is 0 Å². The topological polar surface area (TPSA) is 60.8 Å². The summed E-state index contributed by atoms with van der Waals surface area (Å²) in [5, 5.41) is 17.6. The summed E-state index contributed by atoms with van der Waals surface area (Å²) in [5.41, 5.74) is 0. The number of carboxylic acids is 1. The molecule has 0 aromatic rings. The first-order valence-electron chi connectivity index (χ1n) is 8.25. The zero-order chi connectivity index (χ0) is 28.9. The molecule has 210 valence electrons. The van der Waals surface area contributed by atoms with Crippen molar-refractivity contribution in [3.63, 3.8) is 0 Å². The lowest BCUT2D eigenvalue weighted by Gasteiger charge is -2.43. The van der Waals surface area contributed by atoms with Crippen LogP contribution in [0.25, 0.3) is 0 Å². The first-order chi connectivity index (χ1) is 15.0. The molecule has 0 amide bonds. The van der Waals surface area contributed by atoms with Gasteiger partial charge in [0.05, 0.1) is 12.6 Å². The molecule has 0 saturated heterocycles. The summed E-state index contributed by atoms with van der Waals surface area (Å²) in [6.45, 7) is -2.49. The first-order valence-corrected chi connectivity index (χ1v) is 8.25. The highest BCUT2D eigenvalue weighted by Gasteiger charge is 2.95. The minimum Gasteiger partial charge on any atom is -0.480 e. The molecule has 0 rings (SSSR count). The molecule has 1 atom stereocenters. The first kappa shape index (κ1) is 33.2. The number of aliphatic hydroxyl groups is 1. The quantitative estimate of drug-likeness (QED) is 0.335. The molecule has 0 saturated carbocycles. The number of likely N-dealkylation sites (N-methyl/N-ethyl adjacent to an activating group) is 1. The van der Waals surface area contributed by atoms with E-state index < -0.39 is 79.2 Å². The van der Waals surface area contributed by atoms with Crippen molar-refractivity contribution in [3.05, 3.63) is 0 Å². The van der Waals surface area contributed by atoms with E-state index in [4.69, 9.17) is 5.11 Å². The summed E-state index contributed by atoms with van der Waals surface area (Å²) in [5.74, 6) is -59.0. The fourth-order valence-corrected chi connectivity index (χ4v) is 2.34. The Morgan fingerprint density at radius 1 is 0.657 bits per heavy atom. The number of halogens is 17. The van der Waals surface area contributed by atoms with Gasteiger partial charge in [0.25, 0.3) is 0 Å². The third-order valence-electron chi connectivity index (χ3n) is 4.21. The van der Waals surface area contributed by atoms with Gasteiger partial charge in [0.1, 0.15) is 0 Å². The Morgan fingerprint density at radius 2 is 0.971 bits per heavy atom. The van der Waals surface area contributed by atoms with Gasteiger partial charge in [-0.2, -0.15) is 74.6 Å². The van der Waals surface area contributed by atoms with Crippen LogP contribution < -0.4 is 0 Å². The van der Waals surface area contributed by atoms with E-state index in [1.165, 1.54) is 0 Å². The zero-order valence-electron chi connectivity index (χ0n) is 16.4. The van der Waals surface area contributed by atoms with Gasteiger partial charge in [0, 0.05) is 13.0 Å². The highest BCUT2D eigenvalue weighted by atomic mass is 19.4. The minimum absolute atomic E-state index is 0.363. The molecule has 0 aromatic carbocycles. The Bertz CT molecular complexity index is 764. The zero-order valence-corrected chi connectivity index (χ0v) is 16.4. The third kappa shape index (κ3) is 5.33. The number of nitrogens with zero attached hydrogens (tertiary/aromatic N) is 1. The van der Waals surface area contributed by atoms with E-state index in [1.807, 2.05) is 0 Å². The fraction of sp³-hybridized carbons (Fsp3) is 0.929. The monoisotopic (exact) mass is 565 g/mol. The average Bonchev–Trinajstić information content (AvgIpc) is 2.57. The van der Waals surface area contributed by atoms with Crippen molar-refractivity contribution in [3.8, 4) is 0 Å². The summed E-state index contributed by atoms with van der Waals surface area (Å²) < 4.78 is 223. The summed E-state index contributed by atoms with van der Waals surface area (Å²) in [7, 11) is 0.708. The number of carbonyl (C=O) groups is 1. The van der Waals surface area contributed by atoms with E-state index in [9.17, 15) is 84.5 Å². The predicted molar refractivity (Wildman–Crippen MR) is 76.4 cm³/mol. The standard InChI is InChI=1S/C14H12F17NO3/c1-32(4-6(34)35)3-5(33)2-7(15,16)8(17,18)9(19,20)10(21,22)11(23,24)12(25,26)13(27,28)14(29,30)31/h5,33H,2-4H2,1H3,(H,34,35). The van der Waals surface area contributed by atoms with Crippen LogP contribution in [0.15, 0.2) is 0 Å². The smallest absolute Gasteiger partial charge is 0.460 e.